The molecule has 2 heterocycles. The molecule has 0 aliphatic rings. The lowest BCUT2D eigenvalue weighted by atomic mass is 10.1. The zero-order valence-corrected chi connectivity index (χ0v) is 10.4. The van der Waals surface area contributed by atoms with E-state index < -0.39 is 18.0 Å². The first-order valence-electron chi connectivity index (χ1n) is 5.28. The molecule has 20 heavy (non-hydrogen) atoms. The predicted octanol–water partition coefficient (Wildman–Crippen LogP) is 2.25. The summed E-state index contributed by atoms with van der Waals surface area (Å²) in [5, 5.41) is 3.61. The largest absolute Gasteiger partial charge is 0.465 e. The minimum atomic E-state index is -4.64. The van der Waals surface area contributed by atoms with Gasteiger partial charge in [-0.05, 0) is 6.92 Å². The zero-order valence-electron chi connectivity index (χ0n) is 10.4. The fraction of sp³-hybridized carbons (Fsp3) is 0.273. The molecule has 0 bridgehead atoms. The van der Waals surface area contributed by atoms with Crippen LogP contribution >= 0.6 is 0 Å². The highest BCUT2D eigenvalue weighted by molar-refractivity contribution is 5.96. The molecule has 0 saturated heterocycles. The normalized spacial score (nSPS) is 11.4. The van der Waals surface area contributed by atoms with E-state index in [9.17, 15) is 18.0 Å². The van der Waals surface area contributed by atoms with Gasteiger partial charge >= 0.3 is 12.1 Å². The van der Waals surface area contributed by atoms with Gasteiger partial charge in [0.05, 0.1) is 7.11 Å². The van der Waals surface area contributed by atoms with Gasteiger partial charge in [0.1, 0.15) is 17.0 Å². The molecular formula is C11H8F3N3O3. The second-order valence-electron chi connectivity index (χ2n) is 3.75. The van der Waals surface area contributed by atoms with Crippen LogP contribution in [0.5, 0.6) is 0 Å². The van der Waals surface area contributed by atoms with Crippen LogP contribution in [0.4, 0.5) is 13.2 Å². The van der Waals surface area contributed by atoms with Crippen molar-refractivity contribution in [3.63, 3.8) is 0 Å². The third-order valence-corrected chi connectivity index (χ3v) is 2.43. The molecule has 0 saturated carbocycles. The van der Waals surface area contributed by atoms with Gasteiger partial charge in [-0.1, -0.05) is 5.16 Å². The van der Waals surface area contributed by atoms with E-state index in [1.807, 2.05) is 0 Å². The Morgan fingerprint density at radius 2 is 1.90 bits per heavy atom. The molecule has 0 amide bonds. The third-order valence-electron chi connectivity index (χ3n) is 2.43. The number of nitrogens with zero attached hydrogens (tertiary/aromatic N) is 3. The number of carbonyl (C=O) groups excluding carboxylic acids is 1. The van der Waals surface area contributed by atoms with Crippen LogP contribution in [0.1, 0.15) is 21.9 Å². The van der Waals surface area contributed by atoms with Crippen molar-refractivity contribution in [2.45, 2.75) is 13.1 Å². The smallest absolute Gasteiger partial charge is 0.451 e. The van der Waals surface area contributed by atoms with Gasteiger partial charge in [-0.2, -0.15) is 13.2 Å². The number of alkyl halides is 3. The Morgan fingerprint density at radius 3 is 2.40 bits per heavy atom. The summed E-state index contributed by atoms with van der Waals surface area (Å²) < 4.78 is 46.5. The van der Waals surface area contributed by atoms with Crippen molar-refractivity contribution >= 4 is 5.97 Å². The fourth-order valence-corrected chi connectivity index (χ4v) is 1.51. The van der Waals surface area contributed by atoms with Gasteiger partial charge in [0, 0.05) is 18.0 Å². The number of aromatic nitrogens is 3. The van der Waals surface area contributed by atoms with E-state index in [4.69, 9.17) is 4.52 Å². The zero-order chi connectivity index (χ0) is 14.9. The molecular weight excluding hydrogens is 279 g/mol. The van der Waals surface area contributed by atoms with Crippen LogP contribution in [0, 0.1) is 6.92 Å². The molecule has 0 radical (unpaired) electrons. The average molecular weight is 287 g/mol. The van der Waals surface area contributed by atoms with Crippen LogP contribution in [-0.4, -0.2) is 28.2 Å². The molecule has 0 atom stereocenters. The van der Waals surface area contributed by atoms with Crippen molar-refractivity contribution in [1.82, 2.24) is 15.1 Å². The maximum Gasteiger partial charge on any atom is 0.451 e. The summed E-state index contributed by atoms with van der Waals surface area (Å²) in [5.74, 6) is -1.80. The molecule has 2 rings (SSSR count). The van der Waals surface area contributed by atoms with Crippen molar-refractivity contribution < 1.29 is 27.2 Å². The number of halogens is 3. The van der Waals surface area contributed by atoms with Crippen molar-refractivity contribution in [2.75, 3.05) is 7.11 Å². The highest BCUT2D eigenvalue weighted by Crippen LogP contribution is 2.28. The maximum atomic E-state index is 12.4. The standard InChI is InChI=1S/C11H8F3N3O3/c1-5-7(9(18)19-2)8(17-20-5)6-3-15-10(16-4-6)11(12,13)14/h3-4H,1-2H3. The van der Waals surface area contributed by atoms with Crippen LogP contribution in [0.2, 0.25) is 0 Å². The van der Waals surface area contributed by atoms with Crippen molar-refractivity contribution in [1.29, 1.82) is 0 Å². The number of aryl methyl sites for hydroxylation is 1. The maximum absolute atomic E-state index is 12.4. The van der Waals surface area contributed by atoms with Gasteiger partial charge in [-0.15, -0.1) is 0 Å². The third kappa shape index (κ3) is 2.46. The van der Waals surface area contributed by atoms with Gasteiger partial charge in [0.25, 0.3) is 0 Å². The molecule has 2 aromatic rings. The van der Waals surface area contributed by atoms with Crippen molar-refractivity contribution in [3.05, 3.63) is 29.5 Å². The number of methoxy groups -OCH3 is 1. The Balaban J connectivity index is 2.45. The van der Waals surface area contributed by atoms with Gasteiger partial charge in [0.15, 0.2) is 0 Å². The van der Waals surface area contributed by atoms with Crippen molar-refractivity contribution in [2.24, 2.45) is 0 Å². The lowest BCUT2D eigenvalue weighted by molar-refractivity contribution is -0.144. The molecule has 0 aliphatic carbocycles. The monoisotopic (exact) mass is 287 g/mol. The summed E-state index contributed by atoms with van der Waals surface area (Å²) in [6.45, 7) is 1.48. The number of rotatable bonds is 2. The van der Waals surface area contributed by atoms with E-state index in [1.165, 1.54) is 14.0 Å². The number of ether oxygens (including phenoxy) is 1. The summed E-state index contributed by atoms with van der Waals surface area (Å²) in [7, 11) is 1.17. The Hall–Kier alpha value is -2.45. The molecule has 9 heteroatoms. The summed E-state index contributed by atoms with van der Waals surface area (Å²) in [4.78, 5) is 18.0. The molecule has 0 fully saturated rings. The lowest BCUT2D eigenvalue weighted by Gasteiger charge is -2.04. The van der Waals surface area contributed by atoms with E-state index in [0.717, 1.165) is 12.4 Å². The van der Waals surface area contributed by atoms with Crippen LogP contribution in [0.15, 0.2) is 16.9 Å². The summed E-state index contributed by atoms with van der Waals surface area (Å²) in [6, 6.07) is 0. The minimum absolute atomic E-state index is 0.0239. The topological polar surface area (TPSA) is 78.1 Å². The minimum Gasteiger partial charge on any atom is -0.465 e. The second-order valence-corrected chi connectivity index (χ2v) is 3.75. The SMILES string of the molecule is COC(=O)c1c(-c2cnc(C(F)(F)F)nc2)noc1C. The summed E-state index contributed by atoms with van der Waals surface area (Å²) in [5.41, 5.74) is 0.175. The fourth-order valence-electron chi connectivity index (χ4n) is 1.51. The molecule has 0 aromatic carbocycles. The molecule has 106 valence electrons. The van der Waals surface area contributed by atoms with Crippen LogP contribution in [-0.2, 0) is 10.9 Å². The molecule has 0 aliphatic heterocycles. The van der Waals surface area contributed by atoms with E-state index in [1.54, 1.807) is 0 Å². The number of carbonyl (C=O) groups is 1. The highest BCUT2D eigenvalue weighted by Gasteiger charge is 2.34. The van der Waals surface area contributed by atoms with E-state index in [2.05, 4.69) is 19.9 Å². The Bertz CT molecular complexity index is 635. The highest BCUT2D eigenvalue weighted by atomic mass is 19.4. The molecule has 0 N–H and O–H groups in total. The van der Waals surface area contributed by atoms with Gasteiger partial charge in [-0.3, -0.25) is 0 Å². The first kappa shape index (κ1) is 14.0. The van der Waals surface area contributed by atoms with E-state index in [-0.39, 0.29) is 22.6 Å². The quantitative estimate of drug-likeness (QED) is 0.788. The van der Waals surface area contributed by atoms with Crippen LogP contribution in [0.25, 0.3) is 11.3 Å². The average Bonchev–Trinajstić information content (AvgIpc) is 2.79. The van der Waals surface area contributed by atoms with Gasteiger partial charge in [-0.25, -0.2) is 14.8 Å². The van der Waals surface area contributed by atoms with Crippen LogP contribution in [0.3, 0.4) is 0 Å². The molecule has 6 nitrogen and oxygen atoms in total. The number of hydrogen-bond acceptors (Lipinski definition) is 6. The van der Waals surface area contributed by atoms with Crippen LogP contribution < -0.4 is 0 Å². The molecule has 2 aromatic heterocycles. The Labute approximate surface area is 110 Å². The van der Waals surface area contributed by atoms with E-state index >= 15 is 0 Å². The Morgan fingerprint density at radius 1 is 1.30 bits per heavy atom. The second kappa shape index (κ2) is 4.91. The first-order valence-corrected chi connectivity index (χ1v) is 5.28. The van der Waals surface area contributed by atoms with Gasteiger partial charge in [0.2, 0.25) is 5.82 Å². The predicted molar refractivity (Wildman–Crippen MR) is 58.6 cm³/mol. The first-order chi connectivity index (χ1) is 9.34. The number of hydrogen-bond donors (Lipinski definition) is 0. The van der Waals surface area contributed by atoms with Crippen molar-refractivity contribution in [3.8, 4) is 11.3 Å². The molecule has 0 unspecified atom stereocenters. The van der Waals surface area contributed by atoms with Gasteiger partial charge < -0.3 is 9.26 Å². The van der Waals surface area contributed by atoms with E-state index in [0.29, 0.717) is 0 Å². The summed E-state index contributed by atoms with van der Waals surface area (Å²) >= 11 is 0. The Kier molecular flexibility index (Phi) is 3.43. The molecule has 0 spiro atoms. The number of esters is 1. The summed E-state index contributed by atoms with van der Waals surface area (Å²) in [6.07, 6.45) is -2.80. The lowest BCUT2D eigenvalue weighted by Crippen LogP contribution is -2.10.